The maximum atomic E-state index is 11.0. The number of rotatable bonds is 5. The topological polar surface area (TPSA) is 67.6 Å². The monoisotopic (exact) mass is 279 g/mol. The fourth-order valence-corrected chi connectivity index (χ4v) is 2.43. The summed E-state index contributed by atoms with van der Waals surface area (Å²) in [5.74, 6) is 0.343. The highest BCUT2D eigenvalue weighted by atomic mass is 16.6. The van der Waals surface area contributed by atoms with E-state index in [2.05, 4.69) is 10.2 Å². The minimum Gasteiger partial charge on any atom is -0.484 e. The van der Waals surface area contributed by atoms with E-state index in [1.54, 1.807) is 12.1 Å². The molecule has 2 rings (SSSR count). The van der Waals surface area contributed by atoms with Crippen LogP contribution in [-0.4, -0.2) is 37.2 Å². The van der Waals surface area contributed by atoms with Gasteiger partial charge in [-0.2, -0.15) is 0 Å². The van der Waals surface area contributed by atoms with Crippen LogP contribution in [0.25, 0.3) is 0 Å². The van der Waals surface area contributed by atoms with Crippen molar-refractivity contribution in [2.24, 2.45) is 0 Å². The molecule has 1 aromatic carbocycles. The third-order valence-electron chi connectivity index (χ3n) is 3.46. The third-order valence-corrected chi connectivity index (χ3v) is 3.46. The smallest absolute Gasteiger partial charge is 0.311 e. The van der Waals surface area contributed by atoms with Gasteiger partial charge in [0.25, 0.3) is 0 Å². The van der Waals surface area contributed by atoms with Crippen LogP contribution in [0.1, 0.15) is 20.3 Å². The van der Waals surface area contributed by atoms with E-state index in [0.29, 0.717) is 11.8 Å². The molecule has 0 aliphatic carbocycles. The van der Waals surface area contributed by atoms with Gasteiger partial charge in [-0.25, -0.2) is 0 Å². The number of nitrogens with one attached hydrogen (secondary N) is 1. The van der Waals surface area contributed by atoms with Gasteiger partial charge in [0, 0.05) is 37.0 Å². The summed E-state index contributed by atoms with van der Waals surface area (Å²) in [5.41, 5.74) is 0.996. The highest BCUT2D eigenvalue weighted by molar-refractivity contribution is 5.59. The van der Waals surface area contributed by atoms with Gasteiger partial charge in [0.1, 0.15) is 0 Å². The van der Waals surface area contributed by atoms with E-state index in [1.807, 2.05) is 20.9 Å². The average molecular weight is 279 g/mol. The summed E-state index contributed by atoms with van der Waals surface area (Å²) in [6.07, 6.45) is 0.987. The molecule has 20 heavy (non-hydrogen) atoms. The van der Waals surface area contributed by atoms with Crippen molar-refractivity contribution in [2.75, 3.05) is 25.0 Å². The van der Waals surface area contributed by atoms with Gasteiger partial charge < -0.3 is 15.0 Å². The Morgan fingerprint density at radius 2 is 2.25 bits per heavy atom. The minimum absolute atomic E-state index is 0.0202. The number of nitro benzene ring substituents is 1. The molecule has 1 N–H and O–H groups in total. The van der Waals surface area contributed by atoms with Crippen molar-refractivity contribution in [3.63, 3.8) is 0 Å². The van der Waals surface area contributed by atoms with E-state index in [0.717, 1.165) is 25.2 Å². The molecule has 0 spiro atoms. The molecule has 0 aromatic heterocycles. The van der Waals surface area contributed by atoms with Gasteiger partial charge in [-0.3, -0.25) is 10.1 Å². The number of nitro groups is 1. The first kappa shape index (κ1) is 14.6. The van der Waals surface area contributed by atoms with Crippen LogP contribution in [0, 0.1) is 10.1 Å². The predicted octanol–water partition coefficient (Wildman–Crippen LogP) is 2.18. The van der Waals surface area contributed by atoms with Crippen LogP contribution in [0.5, 0.6) is 5.75 Å². The Labute approximate surface area is 118 Å². The first-order valence-electron chi connectivity index (χ1n) is 6.88. The molecule has 1 unspecified atom stereocenters. The number of benzene rings is 1. The van der Waals surface area contributed by atoms with Crippen molar-refractivity contribution in [3.8, 4) is 5.75 Å². The number of ether oxygens (including phenoxy) is 1. The molecule has 110 valence electrons. The second kappa shape index (κ2) is 6.09. The summed E-state index contributed by atoms with van der Waals surface area (Å²) in [7, 11) is 1.96. The summed E-state index contributed by atoms with van der Waals surface area (Å²) < 4.78 is 5.58. The van der Waals surface area contributed by atoms with Crippen molar-refractivity contribution in [3.05, 3.63) is 28.3 Å². The lowest BCUT2D eigenvalue weighted by molar-refractivity contribution is -0.386. The van der Waals surface area contributed by atoms with Gasteiger partial charge in [0.15, 0.2) is 5.75 Å². The molecule has 1 heterocycles. The molecule has 0 saturated carbocycles. The maximum absolute atomic E-state index is 11.0. The van der Waals surface area contributed by atoms with Gasteiger partial charge in [-0.1, -0.05) is 0 Å². The Morgan fingerprint density at radius 1 is 1.50 bits per heavy atom. The molecule has 1 aliphatic heterocycles. The van der Waals surface area contributed by atoms with Crippen LogP contribution >= 0.6 is 0 Å². The van der Waals surface area contributed by atoms with Gasteiger partial charge in [-0.15, -0.1) is 0 Å². The Hall–Kier alpha value is -1.82. The average Bonchev–Trinajstić information content (AvgIpc) is 2.86. The summed E-state index contributed by atoms with van der Waals surface area (Å²) in [5, 5.41) is 14.3. The van der Waals surface area contributed by atoms with Gasteiger partial charge in [0.2, 0.25) is 0 Å². The molecule has 1 aromatic rings. The van der Waals surface area contributed by atoms with E-state index in [9.17, 15) is 10.1 Å². The van der Waals surface area contributed by atoms with E-state index < -0.39 is 4.92 Å². The summed E-state index contributed by atoms with van der Waals surface area (Å²) >= 11 is 0. The highest BCUT2D eigenvalue weighted by Crippen LogP contribution is 2.33. The van der Waals surface area contributed by atoms with E-state index in [4.69, 9.17) is 4.74 Å². The fourth-order valence-electron chi connectivity index (χ4n) is 2.43. The van der Waals surface area contributed by atoms with Crippen molar-refractivity contribution in [1.29, 1.82) is 0 Å². The molecule has 0 amide bonds. The number of hydrogen-bond donors (Lipinski definition) is 1. The molecule has 1 aliphatic rings. The quantitative estimate of drug-likeness (QED) is 0.661. The maximum Gasteiger partial charge on any atom is 0.311 e. The van der Waals surface area contributed by atoms with E-state index in [-0.39, 0.29) is 11.8 Å². The van der Waals surface area contributed by atoms with Crippen LogP contribution in [0.3, 0.4) is 0 Å². The second-order valence-corrected chi connectivity index (χ2v) is 5.30. The van der Waals surface area contributed by atoms with E-state index in [1.165, 1.54) is 6.07 Å². The lowest BCUT2D eigenvalue weighted by atomic mass is 10.2. The zero-order valence-corrected chi connectivity index (χ0v) is 12.1. The Kier molecular flexibility index (Phi) is 4.44. The third kappa shape index (κ3) is 3.19. The Morgan fingerprint density at radius 3 is 2.80 bits per heavy atom. The summed E-state index contributed by atoms with van der Waals surface area (Å²) in [6.45, 7) is 5.59. The molecular formula is C14H21N3O3. The second-order valence-electron chi connectivity index (χ2n) is 5.30. The molecule has 6 heteroatoms. The molecule has 0 bridgehead atoms. The van der Waals surface area contributed by atoms with Crippen molar-refractivity contribution < 1.29 is 9.66 Å². The number of hydrogen-bond acceptors (Lipinski definition) is 5. The van der Waals surface area contributed by atoms with Crippen molar-refractivity contribution in [2.45, 2.75) is 32.4 Å². The Bertz CT molecular complexity index is 491. The first-order chi connectivity index (χ1) is 9.51. The van der Waals surface area contributed by atoms with Crippen molar-refractivity contribution >= 4 is 11.4 Å². The molecule has 1 fully saturated rings. The van der Waals surface area contributed by atoms with Crippen LogP contribution in [0.2, 0.25) is 0 Å². The van der Waals surface area contributed by atoms with Gasteiger partial charge >= 0.3 is 5.69 Å². The summed E-state index contributed by atoms with van der Waals surface area (Å²) in [6, 6.07) is 5.57. The van der Waals surface area contributed by atoms with Gasteiger partial charge in [0.05, 0.1) is 11.0 Å². The highest BCUT2D eigenvalue weighted by Gasteiger charge is 2.24. The normalized spacial score (nSPS) is 18.6. The SMILES string of the molecule is CNC1CCN(c2ccc([N+](=O)[O-])c(OC(C)C)c2)C1. The fraction of sp³-hybridized carbons (Fsp3) is 0.571. The standard InChI is InChI=1S/C14H21N3O3/c1-10(2)20-14-8-12(4-5-13(14)17(18)19)16-7-6-11(9-16)15-3/h4-5,8,10-11,15H,6-7,9H2,1-3H3. The van der Waals surface area contributed by atoms with E-state index >= 15 is 0 Å². The number of likely N-dealkylation sites (N-methyl/N-ethyl adjacent to an activating group) is 1. The molecule has 1 saturated heterocycles. The largest absolute Gasteiger partial charge is 0.484 e. The molecular weight excluding hydrogens is 258 g/mol. The lowest BCUT2D eigenvalue weighted by Crippen LogP contribution is -2.29. The van der Waals surface area contributed by atoms with Crippen molar-refractivity contribution in [1.82, 2.24) is 5.32 Å². The van der Waals surface area contributed by atoms with Gasteiger partial charge in [-0.05, 0) is 33.4 Å². The zero-order valence-electron chi connectivity index (χ0n) is 12.1. The molecule has 1 atom stereocenters. The molecule has 6 nitrogen and oxygen atoms in total. The van der Waals surface area contributed by atoms with Crippen LogP contribution in [-0.2, 0) is 0 Å². The number of anilines is 1. The van der Waals surface area contributed by atoms with Crippen LogP contribution in [0.4, 0.5) is 11.4 Å². The molecule has 0 radical (unpaired) electrons. The predicted molar refractivity (Wildman–Crippen MR) is 78.5 cm³/mol. The number of nitrogens with zero attached hydrogens (tertiary/aromatic N) is 2. The Balaban J connectivity index is 2.25. The minimum atomic E-state index is -0.401. The zero-order chi connectivity index (χ0) is 14.7. The summed E-state index contributed by atoms with van der Waals surface area (Å²) in [4.78, 5) is 12.9. The lowest BCUT2D eigenvalue weighted by Gasteiger charge is -2.20. The first-order valence-corrected chi connectivity index (χ1v) is 6.88. The van der Waals surface area contributed by atoms with Crippen LogP contribution < -0.4 is 15.0 Å². The van der Waals surface area contributed by atoms with Crippen LogP contribution in [0.15, 0.2) is 18.2 Å².